The molecule has 6 nitrogen and oxygen atoms in total. The number of sulfonamides is 1. The highest BCUT2D eigenvalue weighted by atomic mass is 32.2. The molecule has 1 aliphatic heterocycles. The van der Waals surface area contributed by atoms with Crippen molar-refractivity contribution in [3.05, 3.63) is 29.8 Å². The van der Waals surface area contributed by atoms with Crippen molar-refractivity contribution in [2.75, 3.05) is 26.2 Å². The van der Waals surface area contributed by atoms with Gasteiger partial charge in [0.05, 0.1) is 16.4 Å². The Bertz CT molecular complexity index is 736. The zero-order valence-electron chi connectivity index (χ0n) is 14.1. The SMILES string of the molecule is CCN(CC)C(=O)C1CCCN(S(=O)(=O)c2ccccc2C#N)C1. The zero-order valence-corrected chi connectivity index (χ0v) is 14.9. The van der Waals surface area contributed by atoms with Crippen LogP contribution in [0.25, 0.3) is 0 Å². The smallest absolute Gasteiger partial charge is 0.244 e. The van der Waals surface area contributed by atoms with Crippen molar-refractivity contribution < 1.29 is 13.2 Å². The molecule has 0 N–H and O–H groups in total. The van der Waals surface area contributed by atoms with E-state index in [9.17, 15) is 13.2 Å². The number of benzene rings is 1. The van der Waals surface area contributed by atoms with Gasteiger partial charge < -0.3 is 4.90 Å². The van der Waals surface area contributed by atoms with E-state index in [-0.39, 0.29) is 28.8 Å². The largest absolute Gasteiger partial charge is 0.343 e. The number of piperidine rings is 1. The maximum atomic E-state index is 12.9. The standard InChI is InChI=1S/C17H23N3O3S/c1-3-19(4-2)17(21)15-9-7-11-20(13-15)24(22,23)16-10-6-5-8-14(16)12-18/h5-6,8,10,15H,3-4,7,9,11,13H2,1-2H3. The van der Waals surface area contributed by atoms with E-state index in [2.05, 4.69) is 0 Å². The van der Waals surface area contributed by atoms with E-state index in [0.717, 1.165) is 0 Å². The molecule has 1 heterocycles. The predicted octanol–water partition coefficient (Wildman–Crippen LogP) is 1.83. The molecular formula is C17H23N3O3S. The van der Waals surface area contributed by atoms with E-state index in [1.165, 1.54) is 16.4 Å². The number of hydrogen-bond donors (Lipinski definition) is 0. The van der Waals surface area contributed by atoms with Crippen LogP contribution in [0.4, 0.5) is 0 Å². The third-order valence-electron chi connectivity index (χ3n) is 4.43. The van der Waals surface area contributed by atoms with Crippen LogP contribution in [0.15, 0.2) is 29.2 Å². The van der Waals surface area contributed by atoms with Gasteiger partial charge in [0.2, 0.25) is 15.9 Å². The molecule has 2 rings (SSSR count). The van der Waals surface area contributed by atoms with Crippen LogP contribution in [-0.4, -0.2) is 49.7 Å². The van der Waals surface area contributed by atoms with Gasteiger partial charge >= 0.3 is 0 Å². The molecule has 1 aromatic carbocycles. The monoisotopic (exact) mass is 349 g/mol. The minimum atomic E-state index is -3.77. The van der Waals surface area contributed by atoms with Crippen molar-refractivity contribution in [3.63, 3.8) is 0 Å². The molecule has 130 valence electrons. The van der Waals surface area contributed by atoms with Crippen LogP contribution in [0.3, 0.4) is 0 Å². The van der Waals surface area contributed by atoms with Crippen molar-refractivity contribution in [2.45, 2.75) is 31.6 Å². The number of nitrogens with zero attached hydrogens (tertiary/aromatic N) is 3. The van der Waals surface area contributed by atoms with Gasteiger partial charge in [-0.15, -0.1) is 0 Å². The fraction of sp³-hybridized carbons (Fsp3) is 0.529. The molecule has 0 radical (unpaired) electrons. The van der Waals surface area contributed by atoms with E-state index in [1.807, 2.05) is 19.9 Å². The number of carbonyl (C=O) groups excluding carboxylic acids is 1. The average molecular weight is 349 g/mol. The number of carbonyl (C=O) groups is 1. The molecule has 1 amide bonds. The van der Waals surface area contributed by atoms with Gasteiger partial charge in [0.25, 0.3) is 0 Å². The second-order valence-corrected chi connectivity index (χ2v) is 7.73. The lowest BCUT2D eigenvalue weighted by atomic mass is 9.98. The van der Waals surface area contributed by atoms with Gasteiger partial charge in [-0.05, 0) is 38.8 Å². The van der Waals surface area contributed by atoms with Gasteiger partial charge in [-0.3, -0.25) is 4.79 Å². The maximum Gasteiger partial charge on any atom is 0.244 e. The molecule has 0 bridgehead atoms. The van der Waals surface area contributed by atoms with Gasteiger partial charge in [0.1, 0.15) is 6.07 Å². The summed E-state index contributed by atoms with van der Waals surface area (Å²) >= 11 is 0. The zero-order chi connectivity index (χ0) is 17.7. The molecular weight excluding hydrogens is 326 g/mol. The van der Waals surface area contributed by atoms with E-state index in [0.29, 0.717) is 32.5 Å². The Morgan fingerprint density at radius 3 is 2.62 bits per heavy atom. The summed E-state index contributed by atoms with van der Waals surface area (Å²) in [5.41, 5.74) is 0.134. The van der Waals surface area contributed by atoms with E-state index < -0.39 is 10.0 Å². The Labute approximate surface area is 143 Å². The van der Waals surface area contributed by atoms with Gasteiger partial charge in [-0.25, -0.2) is 8.42 Å². The molecule has 0 saturated carbocycles. The van der Waals surface area contributed by atoms with Gasteiger partial charge in [-0.1, -0.05) is 12.1 Å². The number of nitriles is 1. The molecule has 24 heavy (non-hydrogen) atoms. The molecule has 1 saturated heterocycles. The fourth-order valence-electron chi connectivity index (χ4n) is 3.08. The fourth-order valence-corrected chi connectivity index (χ4v) is 4.74. The van der Waals surface area contributed by atoms with Crippen LogP contribution < -0.4 is 0 Å². The number of amides is 1. The van der Waals surface area contributed by atoms with Gasteiger partial charge in [-0.2, -0.15) is 9.57 Å². The van der Waals surface area contributed by atoms with Crippen molar-refractivity contribution in [2.24, 2.45) is 5.92 Å². The molecule has 1 atom stereocenters. The topological polar surface area (TPSA) is 81.5 Å². The first-order chi connectivity index (χ1) is 11.5. The van der Waals surface area contributed by atoms with Crippen LogP contribution >= 0.6 is 0 Å². The second-order valence-electron chi connectivity index (χ2n) is 5.82. The highest BCUT2D eigenvalue weighted by molar-refractivity contribution is 7.89. The third kappa shape index (κ3) is 3.60. The number of rotatable bonds is 5. The molecule has 0 spiro atoms. The van der Waals surface area contributed by atoms with Crippen molar-refractivity contribution in [1.29, 1.82) is 5.26 Å². The quantitative estimate of drug-likeness (QED) is 0.812. The second kappa shape index (κ2) is 7.77. The van der Waals surface area contributed by atoms with E-state index in [1.54, 1.807) is 17.0 Å². The molecule has 1 aromatic rings. The summed E-state index contributed by atoms with van der Waals surface area (Å²) in [6.07, 6.45) is 1.34. The summed E-state index contributed by atoms with van der Waals surface area (Å²) in [4.78, 5) is 14.3. The summed E-state index contributed by atoms with van der Waals surface area (Å²) in [5, 5.41) is 9.16. The Morgan fingerprint density at radius 1 is 1.33 bits per heavy atom. The van der Waals surface area contributed by atoms with E-state index in [4.69, 9.17) is 5.26 Å². The van der Waals surface area contributed by atoms with E-state index >= 15 is 0 Å². The lowest BCUT2D eigenvalue weighted by Gasteiger charge is -2.33. The Morgan fingerprint density at radius 2 is 2.00 bits per heavy atom. The van der Waals surface area contributed by atoms with Crippen molar-refractivity contribution in [3.8, 4) is 6.07 Å². The van der Waals surface area contributed by atoms with Crippen LogP contribution in [0, 0.1) is 17.2 Å². The van der Waals surface area contributed by atoms with Crippen molar-refractivity contribution >= 4 is 15.9 Å². The lowest BCUT2D eigenvalue weighted by Crippen LogP contribution is -2.46. The minimum absolute atomic E-state index is 0.00784. The predicted molar refractivity (Wildman–Crippen MR) is 90.6 cm³/mol. The molecule has 1 aliphatic rings. The Kier molecular flexibility index (Phi) is 5.97. The Balaban J connectivity index is 2.26. The highest BCUT2D eigenvalue weighted by Crippen LogP contribution is 2.26. The summed E-state index contributed by atoms with van der Waals surface area (Å²) in [5.74, 6) is -0.309. The van der Waals surface area contributed by atoms with Crippen molar-refractivity contribution in [1.82, 2.24) is 9.21 Å². The first kappa shape index (κ1) is 18.4. The highest BCUT2D eigenvalue weighted by Gasteiger charge is 2.35. The number of hydrogen-bond acceptors (Lipinski definition) is 4. The third-order valence-corrected chi connectivity index (χ3v) is 6.36. The normalized spacial score (nSPS) is 18.8. The molecule has 1 unspecified atom stereocenters. The average Bonchev–Trinajstić information content (AvgIpc) is 2.62. The van der Waals surface area contributed by atoms with Gasteiger partial charge in [0.15, 0.2) is 0 Å². The van der Waals surface area contributed by atoms with Crippen LogP contribution in [0.5, 0.6) is 0 Å². The lowest BCUT2D eigenvalue weighted by molar-refractivity contribution is -0.136. The molecule has 7 heteroatoms. The summed E-state index contributed by atoms with van der Waals surface area (Å²) in [6, 6.07) is 8.12. The minimum Gasteiger partial charge on any atom is -0.343 e. The molecule has 1 fully saturated rings. The van der Waals surface area contributed by atoms with Gasteiger partial charge in [0, 0.05) is 26.2 Å². The first-order valence-electron chi connectivity index (χ1n) is 8.23. The summed E-state index contributed by atoms with van der Waals surface area (Å²) < 4.78 is 27.1. The van der Waals surface area contributed by atoms with Crippen LogP contribution in [0.2, 0.25) is 0 Å². The molecule has 0 aliphatic carbocycles. The van der Waals surface area contributed by atoms with Crippen LogP contribution in [0.1, 0.15) is 32.3 Å². The molecule has 0 aromatic heterocycles. The summed E-state index contributed by atoms with van der Waals surface area (Å²) in [7, 11) is -3.77. The van der Waals surface area contributed by atoms with Crippen LogP contribution in [-0.2, 0) is 14.8 Å². The first-order valence-corrected chi connectivity index (χ1v) is 9.67. The maximum absolute atomic E-state index is 12.9. The Hall–Kier alpha value is -1.91. The summed E-state index contributed by atoms with van der Waals surface area (Å²) in [6.45, 7) is 5.64.